The highest BCUT2D eigenvalue weighted by atomic mass is 35.5. The highest BCUT2D eigenvalue weighted by Gasteiger charge is 2.11. The second kappa shape index (κ2) is 7.59. The lowest BCUT2D eigenvalue weighted by atomic mass is 10.1. The van der Waals surface area contributed by atoms with Crippen molar-refractivity contribution in [2.75, 3.05) is 5.32 Å². The van der Waals surface area contributed by atoms with Crippen LogP contribution in [-0.2, 0) is 0 Å². The zero-order valence-electron chi connectivity index (χ0n) is 13.5. The van der Waals surface area contributed by atoms with Crippen molar-refractivity contribution < 1.29 is 9.21 Å². The first kappa shape index (κ1) is 18.0. The van der Waals surface area contributed by atoms with Crippen molar-refractivity contribution in [1.29, 1.82) is 0 Å². The van der Waals surface area contributed by atoms with E-state index in [1.54, 1.807) is 43.3 Å². The molecular weight excluding hydrogens is 377 g/mol. The Labute approximate surface area is 158 Å². The van der Waals surface area contributed by atoms with Crippen LogP contribution in [0.2, 0.25) is 10.0 Å². The van der Waals surface area contributed by atoms with Crippen LogP contribution in [0.5, 0.6) is 0 Å². The second-order valence-corrected chi connectivity index (χ2v) is 6.16. The molecule has 1 heterocycles. The second-order valence-electron chi connectivity index (χ2n) is 5.35. The summed E-state index contributed by atoms with van der Waals surface area (Å²) in [6, 6.07) is 13.0. The Kier molecular flexibility index (Phi) is 5.25. The summed E-state index contributed by atoms with van der Waals surface area (Å²) >= 11 is 12.0. The molecule has 0 saturated heterocycles. The predicted molar refractivity (Wildman–Crippen MR) is 103 cm³/mol. The number of amides is 2. The lowest BCUT2D eigenvalue weighted by Gasteiger charge is -2.08. The largest absolute Gasteiger partial charge is 0.422 e. The highest BCUT2D eigenvalue weighted by molar-refractivity contribution is 6.39. The van der Waals surface area contributed by atoms with Crippen LogP contribution < -0.4 is 16.4 Å². The molecule has 0 spiro atoms. The molecular formula is C18H13Cl2N3O3. The van der Waals surface area contributed by atoms with Gasteiger partial charge in [-0.2, -0.15) is 5.10 Å². The molecule has 2 amide bonds. The number of hydrogen-bond donors (Lipinski definition) is 2. The Morgan fingerprint density at radius 1 is 1.08 bits per heavy atom. The molecule has 0 atom stereocenters. The third-order valence-corrected chi connectivity index (χ3v) is 4.19. The van der Waals surface area contributed by atoms with Gasteiger partial charge in [-0.15, -0.1) is 0 Å². The molecule has 132 valence electrons. The number of para-hydroxylation sites is 2. The SMILES string of the molecule is C/C(=N\NC(=O)Nc1c(Cl)cccc1Cl)c1cc2ccccc2oc1=O. The Hall–Kier alpha value is -2.83. The number of carbonyl (C=O) groups excluding carboxylic acids is 1. The molecule has 0 unspecified atom stereocenters. The van der Waals surface area contributed by atoms with Gasteiger partial charge in [0, 0.05) is 5.39 Å². The van der Waals surface area contributed by atoms with Crippen molar-refractivity contribution in [1.82, 2.24) is 5.43 Å². The van der Waals surface area contributed by atoms with Crippen LogP contribution in [0.4, 0.5) is 10.5 Å². The summed E-state index contributed by atoms with van der Waals surface area (Å²) in [5.41, 5.74) is 3.05. The average molecular weight is 390 g/mol. The van der Waals surface area contributed by atoms with Gasteiger partial charge >= 0.3 is 11.7 Å². The first-order valence-corrected chi connectivity index (χ1v) is 8.30. The number of nitrogens with one attached hydrogen (secondary N) is 2. The Morgan fingerprint density at radius 3 is 2.50 bits per heavy atom. The number of hydrogen-bond acceptors (Lipinski definition) is 4. The minimum atomic E-state index is -0.649. The Balaban J connectivity index is 1.79. The van der Waals surface area contributed by atoms with Crippen molar-refractivity contribution in [3.8, 4) is 0 Å². The monoisotopic (exact) mass is 389 g/mol. The van der Waals surface area contributed by atoms with Crippen LogP contribution in [0.1, 0.15) is 12.5 Å². The van der Waals surface area contributed by atoms with Gasteiger partial charge < -0.3 is 9.73 Å². The van der Waals surface area contributed by atoms with Gasteiger partial charge in [-0.25, -0.2) is 15.0 Å². The Morgan fingerprint density at radius 2 is 1.77 bits per heavy atom. The fourth-order valence-electron chi connectivity index (χ4n) is 2.27. The average Bonchev–Trinajstić information content (AvgIpc) is 2.62. The van der Waals surface area contributed by atoms with E-state index >= 15 is 0 Å². The molecule has 0 saturated carbocycles. The van der Waals surface area contributed by atoms with Gasteiger partial charge in [-0.1, -0.05) is 47.5 Å². The number of urea groups is 1. The molecule has 8 heteroatoms. The Bertz CT molecular complexity index is 1060. The van der Waals surface area contributed by atoms with Crippen LogP contribution in [0.25, 0.3) is 11.0 Å². The fraction of sp³-hybridized carbons (Fsp3) is 0.0556. The summed E-state index contributed by atoms with van der Waals surface area (Å²) in [7, 11) is 0. The molecule has 0 aliphatic heterocycles. The minimum absolute atomic E-state index is 0.250. The molecule has 6 nitrogen and oxygen atoms in total. The van der Waals surface area contributed by atoms with E-state index < -0.39 is 11.7 Å². The molecule has 3 aromatic rings. The standard InChI is InChI=1S/C18H13Cl2N3O3/c1-10(12-9-11-5-2-3-8-15(11)26-17(12)24)22-23-18(25)21-16-13(19)6-4-7-14(16)20/h2-9H,1H3,(H2,21,23,25)/b22-10+. The number of hydrazone groups is 1. The van der Waals surface area contributed by atoms with Crippen molar-refractivity contribution in [2.24, 2.45) is 5.10 Å². The van der Waals surface area contributed by atoms with Gasteiger partial charge in [0.2, 0.25) is 0 Å². The minimum Gasteiger partial charge on any atom is -0.422 e. The van der Waals surface area contributed by atoms with E-state index in [1.807, 2.05) is 12.1 Å². The van der Waals surface area contributed by atoms with E-state index in [-0.39, 0.29) is 11.3 Å². The quantitative estimate of drug-likeness (QED) is 0.388. The van der Waals surface area contributed by atoms with Crippen LogP contribution >= 0.6 is 23.2 Å². The molecule has 2 N–H and O–H groups in total. The van der Waals surface area contributed by atoms with Crippen LogP contribution in [0.3, 0.4) is 0 Å². The zero-order valence-corrected chi connectivity index (χ0v) is 15.1. The molecule has 1 aromatic heterocycles. The molecule has 0 fully saturated rings. The van der Waals surface area contributed by atoms with E-state index in [0.29, 0.717) is 21.3 Å². The fourth-order valence-corrected chi connectivity index (χ4v) is 2.76. The summed E-state index contributed by atoms with van der Waals surface area (Å²) in [4.78, 5) is 24.1. The third-order valence-electron chi connectivity index (χ3n) is 3.56. The number of anilines is 1. The van der Waals surface area contributed by atoms with Crippen LogP contribution in [-0.4, -0.2) is 11.7 Å². The van der Waals surface area contributed by atoms with Gasteiger partial charge in [-0.05, 0) is 31.2 Å². The highest BCUT2D eigenvalue weighted by Crippen LogP contribution is 2.29. The number of fused-ring (bicyclic) bond motifs is 1. The molecule has 26 heavy (non-hydrogen) atoms. The topological polar surface area (TPSA) is 83.7 Å². The number of benzene rings is 2. The molecule has 0 aliphatic rings. The van der Waals surface area contributed by atoms with Crippen molar-refractivity contribution in [3.05, 3.63) is 74.6 Å². The van der Waals surface area contributed by atoms with Gasteiger partial charge in [-0.3, -0.25) is 0 Å². The van der Waals surface area contributed by atoms with Gasteiger partial charge in [0.1, 0.15) is 5.58 Å². The smallest absolute Gasteiger partial charge is 0.345 e. The number of rotatable bonds is 3. The van der Waals surface area contributed by atoms with Gasteiger partial charge in [0.05, 0.1) is 27.0 Å². The van der Waals surface area contributed by atoms with E-state index in [4.69, 9.17) is 27.6 Å². The van der Waals surface area contributed by atoms with Gasteiger partial charge in [0.25, 0.3) is 0 Å². The van der Waals surface area contributed by atoms with Crippen LogP contribution in [0.15, 0.2) is 62.8 Å². The van der Waals surface area contributed by atoms with E-state index in [9.17, 15) is 9.59 Å². The normalized spacial score (nSPS) is 11.4. The lowest BCUT2D eigenvalue weighted by Crippen LogP contribution is -2.26. The number of halogens is 2. The van der Waals surface area contributed by atoms with Crippen molar-refractivity contribution in [3.63, 3.8) is 0 Å². The lowest BCUT2D eigenvalue weighted by molar-refractivity contribution is 0.252. The molecule has 0 aliphatic carbocycles. The summed E-state index contributed by atoms with van der Waals surface area (Å²) in [5.74, 6) is 0. The molecule has 0 bridgehead atoms. The first-order chi connectivity index (χ1) is 12.5. The summed E-state index contributed by atoms with van der Waals surface area (Å²) in [6.45, 7) is 1.59. The number of nitrogens with zero attached hydrogens (tertiary/aromatic N) is 1. The van der Waals surface area contributed by atoms with E-state index in [0.717, 1.165) is 5.39 Å². The van der Waals surface area contributed by atoms with E-state index in [1.165, 1.54) is 0 Å². The molecule has 2 aromatic carbocycles. The zero-order chi connectivity index (χ0) is 18.7. The van der Waals surface area contributed by atoms with Crippen molar-refractivity contribution in [2.45, 2.75) is 6.92 Å². The maximum Gasteiger partial charge on any atom is 0.345 e. The maximum atomic E-state index is 12.1. The summed E-state index contributed by atoms with van der Waals surface area (Å²) in [5, 5.41) is 7.78. The number of carbonyl (C=O) groups is 1. The van der Waals surface area contributed by atoms with Crippen molar-refractivity contribution >= 4 is 51.6 Å². The molecule has 3 rings (SSSR count). The summed E-state index contributed by atoms with van der Waals surface area (Å²) < 4.78 is 5.25. The predicted octanol–water partition coefficient (Wildman–Crippen LogP) is 4.65. The third kappa shape index (κ3) is 3.87. The first-order valence-electron chi connectivity index (χ1n) is 7.54. The van der Waals surface area contributed by atoms with E-state index in [2.05, 4.69) is 15.8 Å². The maximum absolute atomic E-state index is 12.1. The molecule has 0 radical (unpaired) electrons. The van der Waals surface area contributed by atoms with Crippen LogP contribution in [0, 0.1) is 0 Å². The summed E-state index contributed by atoms with van der Waals surface area (Å²) in [6.07, 6.45) is 0. The van der Waals surface area contributed by atoms with Gasteiger partial charge in [0.15, 0.2) is 0 Å².